The molecule has 4 N–H and O–H groups in total. The molecule has 0 aliphatic carbocycles. The van der Waals surface area contributed by atoms with Crippen molar-refractivity contribution >= 4 is 0 Å². The Balaban J connectivity index is -0.0000000910. The van der Waals surface area contributed by atoms with E-state index in [-0.39, 0.29) is 18.2 Å². The lowest BCUT2D eigenvalue weighted by Gasteiger charge is -1.84. The van der Waals surface area contributed by atoms with Gasteiger partial charge in [-0.05, 0) is 13.8 Å². The second-order valence-corrected chi connectivity index (χ2v) is 1.81. The molecule has 0 saturated carbocycles. The van der Waals surface area contributed by atoms with Gasteiger partial charge in [-0.3, -0.25) is 0 Å². The van der Waals surface area contributed by atoms with Crippen molar-refractivity contribution in [2.24, 2.45) is 0 Å². The average molecular weight is 154 g/mol. The fourth-order valence-electron chi connectivity index (χ4n) is 0.0913. The van der Waals surface area contributed by atoms with Crippen molar-refractivity contribution in [3.8, 4) is 0 Å². The Hall–Kier alpha value is -0.160. The van der Waals surface area contributed by atoms with Gasteiger partial charge in [-0.1, -0.05) is 0 Å². The van der Waals surface area contributed by atoms with Gasteiger partial charge in [0.1, 0.15) is 0 Å². The third-order valence-electron chi connectivity index (χ3n) is 0.295. The molecule has 0 aromatic heterocycles. The topological polar surface area (TPSA) is 81.2 Å². The molecule has 0 spiro atoms. The standard InChI is InChI=1S/C3H8O2.C3H8O.H2O/c1-5-3-2-4;1-3(2)4;/h4H,2-3H2,1H3;3-4H,1-2H3;1H2. The molecule has 0 atom stereocenters. The Bertz CT molecular complexity index is 34.0. The second kappa shape index (κ2) is 15.9. The molecule has 0 aliphatic rings. The monoisotopic (exact) mass is 154 g/mol. The summed E-state index contributed by atoms with van der Waals surface area (Å²) in [6.07, 6.45) is -0.167. The smallest absolute Gasteiger partial charge is 0.0693 e. The van der Waals surface area contributed by atoms with Crippen LogP contribution in [0.5, 0.6) is 0 Å². The van der Waals surface area contributed by atoms with Gasteiger partial charge in [-0.15, -0.1) is 0 Å². The lowest BCUT2D eigenvalue weighted by atomic mass is 10.5. The average Bonchev–Trinajstić information content (AvgIpc) is 1.66. The predicted molar refractivity (Wildman–Crippen MR) is 39.9 cm³/mol. The number of aliphatic hydroxyl groups excluding tert-OH is 2. The first-order valence-electron chi connectivity index (χ1n) is 2.93. The van der Waals surface area contributed by atoms with Crippen LogP contribution in [-0.4, -0.2) is 42.1 Å². The first kappa shape index (κ1) is 16.4. The highest BCUT2D eigenvalue weighted by atomic mass is 16.5. The summed E-state index contributed by atoms with van der Waals surface area (Å²) in [5.41, 5.74) is 0. The molecule has 0 aromatic rings. The van der Waals surface area contributed by atoms with Crippen molar-refractivity contribution in [2.45, 2.75) is 20.0 Å². The van der Waals surface area contributed by atoms with Gasteiger partial charge in [0.25, 0.3) is 0 Å². The zero-order chi connectivity index (χ0) is 7.70. The van der Waals surface area contributed by atoms with E-state index in [0.717, 1.165) is 0 Å². The van der Waals surface area contributed by atoms with Crippen LogP contribution >= 0.6 is 0 Å². The molecule has 0 unspecified atom stereocenters. The Labute approximate surface area is 61.8 Å². The highest BCUT2D eigenvalue weighted by molar-refractivity contribution is 4.20. The van der Waals surface area contributed by atoms with Gasteiger partial charge in [0.15, 0.2) is 0 Å². The molecule has 0 aliphatic heterocycles. The summed E-state index contributed by atoms with van der Waals surface area (Å²) in [7, 11) is 1.55. The van der Waals surface area contributed by atoms with Crippen molar-refractivity contribution in [1.82, 2.24) is 0 Å². The summed E-state index contributed by atoms with van der Waals surface area (Å²) in [6.45, 7) is 4.01. The Morgan fingerprint density at radius 1 is 1.40 bits per heavy atom. The van der Waals surface area contributed by atoms with E-state index in [0.29, 0.717) is 6.61 Å². The molecular weight excluding hydrogens is 136 g/mol. The van der Waals surface area contributed by atoms with Crippen LogP contribution in [0.25, 0.3) is 0 Å². The molecule has 66 valence electrons. The molecule has 4 heteroatoms. The van der Waals surface area contributed by atoms with E-state index in [1.807, 2.05) is 0 Å². The maximum absolute atomic E-state index is 8.06. The molecule has 0 saturated heterocycles. The first-order valence-corrected chi connectivity index (χ1v) is 2.93. The number of aliphatic hydroxyl groups is 2. The summed E-state index contributed by atoms with van der Waals surface area (Å²) in [5, 5.41) is 16.0. The Morgan fingerprint density at radius 2 is 1.70 bits per heavy atom. The van der Waals surface area contributed by atoms with Crippen molar-refractivity contribution in [3.05, 3.63) is 0 Å². The van der Waals surface area contributed by atoms with Gasteiger partial charge in [-0.25, -0.2) is 0 Å². The first-order chi connectivity index (χ1) is 4.15. The molecule has 0 rings (SSSR count). The molecule has 0 fully saturated rings. The van der Waals surface area contributed by atoms with E-state index in [1.165, 1.54) is 0 Å². The highest BCUT2D eigenvalue weighted by Gasteiger charge is 1.69. The quantitative estimate of drug-likeness (QED) is 0.545. The summed E-state index contributed by atoms with van der Waals surface area (Å²) >= 11 is 0. The van der Waals surface area contributed by atoms with Gasteiger partial charge in [0, 0.05) is 13.2 Å². The third kappa shape index (κ3) is 108. The second-order valence-electron chi connectivity index (χ2n) is 1.81. The molecular formula is C6H18O4. The third-order valence-corrected chi connectivity index (χ3v) is 0.295. The van der Waals surface area contributed by atoms with Gasteiger partial charge in [0.05, 0.1) is 13.2 Å². The maximum Gasteiger partial charge on any atom is 0.0693 e. The van der Waals surface area contributed by atoms with Crippen molar-refractivity contribution in [2.75, 3.05) is 20.3 Å². The minimum absolute atomic E-state index is 0. The van der Waals surface area contributed by atoms with E-state index < -0.39 is 0 Å². The summed E-state index contributed by atoms with van der Waals surface area (Å²) in [5.74, 6) is 0. The van der Waals surface area contributed by atoms with E-state index in [9.17, 15) is 0 Å². The van der Waals surface area contributed by atoms with Gasteiger partial charge in [-0.2, -0.15) is 0 Å². The minimum atomic E-state index is -0.167. The Kier molecular flexibility index (Phi) is 26.2. The lowest BCUT2D eigenvalue weighted by molar-refractivity contribution is 0.135. The lowest BCUT2D eigenvalue weighted by Crippen LogP contribution is -1.91. The minimum Gasteiger partial charge on any atom is -0.412 e. The molecule has 0 bridgehead atoms. The van der Waals surface area contributed by atoms with Crippen LogP contribution in [0.2, 0.25) is 0 Å². The maximum atomic E-state index is 8.06. The number of ether oxygens (including phenoxy) is 1. The normalized spacial score (nSPS) is 7.80. The van der Waals surface area contributed by atoms with E-state index in [1.54, 1.807) is 21.0 Å². The molecule has 4 nitrogen and oxygen atoms in total. The summed E-state index contributed by atoms with van der Waals surface area (Å²) < 4.78 is 4.44. The van der Waals surface area contributed by atoms with Crippen LogP contribution in [0.3, 0.4) is 0 Å². The number of rotatable bonds is 2. The summed E-state index contributed by atoms with van der Waals surface area (Å²) in [6, 6.07) is 0. The van der Waals surface area contributed by atoms with Crippen LogP contribution in [-0.2, 0) is 4.74 Å². The SMILES string of the molecule is CC(C)O.COCCO.O. The molecule has 0 radical (unpaired) electrons. The van der Waals surface area contributed by atoms with Crippen molar-refractivity contribution in [1.29, 1.82) is 0 Å². The zero-order valence-electron chi connectivity index (χ0n) is 6.79. The van der Waals surface area contributed by atoms with E-state index >= 15 is 0 Å². The molecule has 10 heavy (non-hydrogen) atoms. The van der Waals surface area contributed by atoms with E-state index in [2.05, 4.69) is 4.74 Å². The largest absolute Gasteiger partial charge is 0.412 e. The molecule has 0 amide bonds. The zero-order valence-corrected chi connectivity index (χ0v) is 6.79. The highest BCUT2D eigenvalue weighted by Crippen LogP contribution is 1.65. The Morgan fingerprint density at radius 3 is 1.70 bits per heavy atom. The summed E-state index contributed by atoms with van der Waals surface area (Å²) in [4.78, 5) is 0. The van der Waals surface area contributed by atoms with E-state index in [4.69, 9.17) is 10.2 Å². The van der Waals surface area contributed by atoms with Crippen molar-refractivity contribution in [3.63, 3.8) is 0 Å². The van der Waals surface area contributed by atoms with Gasteiger partial charge < -0.3 is 20.4 Å². The van der Waals surface area contributed by atoms with Crippen LogP contribution in [0.1, 0.15) is 13.8 Å². The van der Waals surface area contributed by atoms with Crippen LogP contribution < -0.4 is 0 Å². The van der Waals surface area contributed by atoms with Gasteiger partial charge >= 0.3 is 0 Å². The molecule has 0 aromatic carbocycles. The fourth-order valence-corrected chi connectivity index (χ4v) is 0.0913. The van der Waals surface area contributed by atoms with Crippen molar-refractivity contribution < 1.29 is 20.4 Å². The predicted octanol–water partition coefficient (Wildman–Crippen LogP) is -0.812. The molecule has 0 heterocycles. The fraction of sp³-hybridized carbons (Fsp3) is 1.00. The number of hydrogen-bond acceptors (Lipinski definition) is 3. The number of hydrogen-bond donors (Lipinski definition) is 2. The van der Waals surface area contributed by atoms with Gasteiger partial charge in [0.2, 0.25) is 0 Å². The number of methoxy groups -OCH3 is 1. The van der Waals surface area contributed by atoms with Crippen LogP contribution in [0.4, 0.5) is 0 Å². The van der Waals surface area contributed by atoms with Crippen LogP contribution in [0.15, 0.2) is 0 Å². The van der Waals surface area contributed by atoms with Crippen LogP contribution in [0, 0.1) is 0 Å².